The second-order valence-corrected chi connectivity index (χ2v) is 7.58. The molecule has 2 aliphatic rings. The van der Waals surface area contributed by atoms with Gasteiger partial charge in [0.15, 0.2) is 0 Å². The summed E-state index contributed by atoms with van der Waals surface area (Å²) < 4.78 is 0. The minimum atomic E-state index is -0.400. The van der Waals surface area contributed by atoms with Crippen molar-refractivity contribution < 1.29 is 15.3 Å². The van der Waals surface area contributed by atoms with E-state index >= 15 is 0 Å². The molecule has 1 aromatic rings. The molecule has 0 aromatic heterocycles. The van der Waals surface area contributed by atoms with Crippen LogP contribution in [0.15, 0.2) is 30.4 Å². The van der Waals surface area contributed by atoms with E-state index in [1.807, 2.05) is 12.1 Å². The van der Waals surface area contributed by atoms with Crippen LogP contribution in [0.5, 0.6) is 5.75 Å². The Kier molecular flexibility index (Phi) is 5.62. The lowest BCUT2D eigenvalue weighted by Gasteiger charge is -2.30. The standard InChI is InChI=1S/C21H30O3/c1-2-3-4-7-16(22)9-10-17-18-11-14-6-5-8-20(23)19(14)12-15(18)13-21(17)24/h5-6,8-10,15-18,21-24H,2-4,7,11-13H2,1H3/b10-9+/t15-,16-,17+,18-,21+/m0/s1. The lowest BCUT2D eigenvalue weighted by molar-refractivity contribution is 0.140. The topological polar surface area (TPSA) is 60.7 Å². The fourth-order valence-corrected chi connectivity index (χ4v) is 4.57. The van der Waals surface area contributed by atoms with Gasteiger partial charge in [0.2, 0.25) is 0 Å². The van der Waals surface area contributed by atoms with Crippen LogP contribution in [-0.2, 0) is 12.8 Å². The highest BCUT2D eigenvalue weighted by atomic mass is 16.3. The molecule has 0 saturated heterocycles. The first-order valence-corrected chi connectivity index (χ1v) is 9.44. The van der Waals surface area contributed by atoms with Crippen LogP contribution in [0.2, 0.25) is 0 Å². The summed E-state index contributed by atoms with van der Waals surface area (Å²) in [5, 5.41) is 30.7. The Morgan fingerprint density at radius 3 is 2.88 bits per heavy atom. The van der Waals surface area contributed by atoms with E-state index in [2.05, 4.69) is 19.1 Å². The summed E-state index contributed by atoms with van der Waals surface area (Å²) in [7, 11) is 0. The van der Waals surface area contributed by atoms with Crippen molar-refractivity contribution in [3.05, 3.63) is 41.5 Å². The van der Waals surface area contributed by atoms with Crippen LogP contribution >= 0.6 is 0 Å². The molecule has 132 valence electrons. The summed E-state index contributed by atoms with van der Waals surface area (Å²) >= 11 is 0. The van der Waals surface area contributed by atoms with E-state index in [1.54, 1.807) is 6.07 Å². The Morgan fingerprint density at radius 2 is 2.08 bits per heavy atom. The van der Waals surface area contributed by atoms with E-state index in [0.717, 1.165) is 50.5 Å². The van der Waals surface area contributed by atoms with E-state index < -0.39 is 6.10 Å². The van der Waals surface area contributed by atoms with Crippen molar-refractivity contribution >= 4 is 0 Å². The zero-order valence-corrected chi connectivity index (χ0v) is 14.6. The second-order valence-electron chi connectivity index (χ2n) is 7.58. The first-order chi connectivity index (χ1) is 11.6. The third-order valence-corrected chi connectivity index (χ3v) is 5.92. The zero-order chi connectivity index (χ0) is 17.1. The van der Waals surface area contributed by atoms with Crippen molar-refractivity contribution in [3.8, 4) is 5.75 Å². The van der Waals surface area contributed by atoms with Crippen molar-refractivity contribution in [3.63, 3.8) is 0 Å². The number of hydrogen-bond acceptors (Lipinski definition) is 3. The molecule has 0 aliphatic heterocycles. The SMILES string of the molecule is CCCCC[C@H](O)/C=C/[C@@H]1[C@H]2Cc3cccc(O)c3C[C@H]2C[C@H]1O. The highest BCUT2D eigenvalue weighted by Gasteiger charge is 2.43. The average molecular weight is 330 g/mol. The predicted octanol–water partition coefficient (Wildman–Crippen LogP) is 3.60. The molecule has 1 aromatic carbocycles. The van der Waals surface area contributed by atoms with E-state index in [-0.39, 0.29) is 12.0 Å². The third-order valence-electron chi connectivity index (χ3n) is 5.92. The fraction of sp³-hybridized carbons (Fsp3) is 0.619. The molecule has 0 bridgehead atoms. The van der Waals surface area contributed by atoms with Gasteiger partial charge in [-0.15, -0.1) is 0 Å². The van der Waals surface area contributed by atoms with E-state index in [1.165, 1.54) is 5.56 Å². The molecule has 0 spiro atoms. The van der Waals surface area contributed by atoms with Crippen LogP contribution in [-0.4, -0.2) is 27.5 Å². The van der Waals surface area contributed by atoms with E-state index in [9.17, 15) is 15.3 Å². The Labute approximate surface area is 145 Å². The molecule has 3 heteroatoms. The number of unbranched alkanes of at least 4 members (excludes halogenated alkanes) is 2. The number of aliphatic hydroxyl groups excluding tert-OH is 2. The molecule has 0 amide bonds. The van der Waals surface area contributed by atoms with Crippen LogP contribution in [0, 0.1) is 17.8 Å². The quantitative estimate of drug-likeness (QED) is 0.552. The van der Waals surface area contributed by atoms with Crippen LogP contribution in [0.4, 0.5) is 0 Å². The van der Waals surface area contributed by atoms with Crippen molar-refractivity contribution in [1.29, 1.82) is 0 Å². The Bertz CT molecular complexity index is 580. The largest absolute Gasteiger partial charge is 0.508 e. The number of rotatable bonds is 6. The maximum atomic E-state index is 10.5. The van der Waals surface area contributed by atoms with Crippen LogP contribution < -0.4 is 0 Å². The van der Waals surface area contributed by atoms with Gasteiger partial charge in [0, 0.05) is 5.92 Å². The number of fused-ring (bicyclic) bond motifs is 2. The van der Waals surface area contributed by atoms with Gasteiger partial charge in [-0.2, -0.15) is 0 Å². The van der Waals surface area contributed by atoms with Gasteiger partial charge in [-0.1, -0.05) is 50.5 Å². The molecule has 1 fully saturated rings. The first kappa shape index (κ1) is 17.5. The molecule has 24 heavy (non-hydrogen) atoms. The molecule has 2 aliphatic carbocycles. The van der Waals surface area contributed by atoms with Crippen LogP contribution in [0.25, 0.3) is 0 Å². The smallest absolute Gasteiger partial charge is 0.119 e. The zero-order valence-electron chi connectivity index (χ0n) is 14.6. The summed E-state index contributed by atoms with van der Waals surface area (Å²) in [6.07, 6.45) is 9.93. The summed E-state index contributed by atoms with van der Waals surface area (Å²) in [5.74, 6) is 1.35. The third kappa shape index (κ3) is 3.68. The second kappa shape index (κ2) is 7.71. The number of aromatic hydroxyl groups is 1. The van der Waals surface area contributed by atoms with Gasteiger partial charge >= 0.3 is 0 Å². The monoisotopic (exact) mass is 330 g/mol. The van der Waals surface area contributed by atoms with Gasteiger partial charge in [-0.3, -0.25) is 0 Å². The van der Waals surface area contributed by atoms with Gasteiger partial charge < -0.3 is 15.3 Å². The van der Waals surface area contributed by atoms with E-state index in [4.69, 9.17) is 0 Å². The lowest BCUT2D eigenvalue weighted by atomic mass is 9.74. The predicted molar refractivity (Wildman–Crippen MR) is 95.9 cm³/mol. The summed E-state index contributed by atoms with van der Waals surface area (Å²) in [6.45, 7) is 2.16. The molecule has 0 radical (unpaired) electrons. The van der Waals surface area contributed by atoms with Crippen molar-refractivity contribution in [1.82, 2.24) is 0 Å². The molecule has 3 rings (SSSR count). The molecule has 0 unspecified atom stereocenters. The highest BCUT2D eigenvalue weighted by Crippen LogP contribution is 2.47. The number of benzene rings is 1. The number of phenols is 1. The van der Waals surface area contributed by atoms with E-state index in [0.29, 0.717) is 17.6 Å². The van der Waals surface area contributed by atoms with Crippen molar-refractivity contribution in [2.75, 3.05) is 0 Å². The summed E-state index contributed by atoms with van der Waals surface area (Å²) in [6, 6.07) is 5.76. The van der Waals surface area contributed by atoms with Crippen LogP contribution in [0.3, 0.4) is 0 Å². The molecule has 3 nitrogen and oxygen atoms in total. The minimum absolute atomic E-state index is 0.117. The molecule has 3 N–H and O–H groups in total. The van der Waals surface area contributed by atoms with Gasteiger partial charge in [0.1, 0.15) is 5.75 Å². The lowest BCUT2D eigenvalue weighted by Crippen LogP contribution is -2.26. The Morgan fingerprint density at radius 1 is 1.25 bits per heavy atom. The number of hydrogen-bond donors (Lipinski definition) is 3. The van der Waals surface area contributed by atoms with Crippen LogP contribution in [0.1, 0.15) is 50.2 Å². The number of aliphatic hydroxyl groups is 2. The Hall–Kier alpha value is -1.32. The van der Waals surface area contributed by atoms with Gasteiger partial charge in [-0.05, 0) is 54.7 Å². The van der Waals surface area contributed by atoms with Gasteiger partial charge in [0.05, 0.1) is 12.2 Å². The van der Waals surface area contributed by atoms with Crippen molar-refractivity contribution in [2.24, 2.45) is 17.8 Å². The number of phenolic OH excluding ortho intramolecular Hbond substituents is 1. The average Bonchev–Trinajstić information content (AvgIpc) is 2.86. The normalized spacial score (nSPS) is 30.3. The maximum Gasteiger partial charge on any atom is 0.119 e. The fourth-order valence-electron chi connectivity index (χ4n) is 4.57. The molecular formula is C21H30O3. The molecule has 5 atom stereocenters. The molecule has 1 saturated carbocycles. The van der Waals surface area contributed by atoms with Gasteiger partial charge in [0.25, 0.3) is 0 Å². The Balaban J connectivity index is 1.67. The first-order valence-electron chi connectivity index (χ1n) is 9.44. The summed E-state index contributed by atoms with van der Waals surface area (Å²) in [5.41, 5.74) is 2.28. The van der Waals surface area contributed by atoms with Crippen molar-refractivity contribution in [2.45, 2.75) is 64.1 Å². The van der Waals surface area contributed by atoms with Gasteiger partial charge in [-0.25, -0.2) is 0 Å². The minimum Gasteiger partial charge on any atom is -0.508 e. The molecule has 0 heterocycles. The molecular weight excluding hydrogens is 300 g/mol. The summed E-state index contributed by atoms with van der Waals surface area (Å²) in [4.78, 5) is 0. The highest BCUT2D eigenvalue weighted by molar-refractivity contribution is 5.42. The maximum absolute atomic E-state index is 10.5.